The highest BCUT2D eigenvalue weighted by atomic mass is 19.1. The highest BCUT2D eigenvalue weighted by Gasteiger charge is 2.16. The Morgan fingerprint density at radius 1 is 1.20 bits per heavy atom. The van der Waals surface area contributed by atoms with Gasteiger partial charge in [0.05, 0.1) is 0 Å². The summed E-state index contributed by atoms with van der Waals surface area (Å²) in [6, 6.07) is 13.3. The lowest BCUT2D eigenvalue weighted by molar-refractivity contribution is -0.148. The fourth-order valence-electron chi connectivity index (χ4n) is 2.11. The minimum absolute atomic E-state index is 0.391. The number of halogens is 1. The number of nitrogens with one attached hydrogen (secondary N) is 1. The molecular formula is C20H20FNO3. The molecule has 1 atom stereocenters. The molecule has 0 saturated heterocycles. The van der Waals surface area contributed by atoms with Gasteiger partial charge in [-0.25, -0.2) is 9.18 Å². The molecule has 0 radical (unpaired) electrons. The molecule has 4 nitrogen and oxygen atoms in total. The van der Waals surface area contributed by atoms with Gasteiger partial charge in [0.15, 0.2) is 6.10 Å². The fraction of sp³-hybridized carbons (Fsp3) is 0.200. The summed E-state index contributed by atoms with van der Waals surface area (Å²) in [5, 5.41) is 2.69. The summed E-state index contributed by atoms with van der Waals surface area (Å²) in [5.74, 6) is -1.48. The van der Waals surface area contributed by atoms with Gasteiger partial charge in [0, 0.05) is 11.8 Å². The Balaban J connectivity index is 1.87. The van der Waals surface area contributed by atoms with Crippen molar-refractivity contribution < 1.29 is 18.7 Å². The summed E-state index contributed by atoms with van der Waals surface area (Å²) in [6.45, 7) is 3.54. The molecule has 0 spiro atoms. The van der Waals surface area contributed by atoms with Gasteiger partial charge in [0.1, 0.15) is 5.82 Å². The van der Waals surface area contributed by atoms with E-state index in [4.69, 9.17) is 4.74 Å². The summed E-state index contributed by atoms with van der Waals surface area (Å²) < 4.78 is 18.1. The van der Waals surface area contributed by atoms with E-state index >= 15 is 0 Å². The number of aryl methyl sites for hydroxylation is 1. The van der Waals surface area contributed by atoms with Gasteiger partial charge in [-0.15, -0.1) is 0 Å². The van der Waals surface area contributed by atoms with Crippen LogP contribution in [0.3, 0.4) is 0 Å². The number of anilines is 1. The molecule has 2 rings (SSSR count). The molecule has 5 heteroatoms. The zero-order valence-corrected chi connectivity index (χ0v) is 14.2. The summed E-state index contributed by atoms with van der Waals surface area (Å²) in [5.41, 5.74) is 2.34. The first-order valence-electron chi connectivity index (χ1n) is 8.02. The molecule has 130 valence electrons. The van der Waals surface area contributed by atoms with E-state index in [1.165, 1.54) is 30.7 Å². The molecule has 1 amide bonds. The zero-order valence-electron chi connectivity index (χ0n) is 14.2. The van der Waals surface area contributed by atoms with Crippen LogP contribution in [0.1, 0.15) is 25.0 Å². The monoisotopic (exact) mass is 341 g/mol. The summed E-state index contributed by atoms with van der Waals surface area (Å²) in [4.78, 5) is 23.8. The normalized spacial score (nSPS) is 12.0. The first kappa shape index (κ1) is 18.4. The van der Waals surface area contributed by atoms with Gasteiger partial charge in [-0.1, -0.05) is 31.2 Å². The van der Waals surface area contributed by atoms with Crippen LogP contribution in [0.2, 0.25) is 0 Å². The quantitative estimate of drug-likeness (QED) is 0.639. The molecule has 0 bridgehead atoms. The number of ether oxygens (including phenoxy) is 1. The maximum Gasteiger partial charge on any atom is 0.331 e. The lowest BCUT2D eigenvalue weighted by atomic mass is 10.1. The molecule has 0 fully saturated rings. The lowest BCUT2D eigenvalue weighted by Gasteiger charge is -2.12. The Kier molecular flexibility index (Phi) is 6.46. The van der Waals surface area contributed by atoms with Crippen LogP contribution in [-0.4, -0.2) is 18.0 Å². The van der Waals surface area contributed by atoms with Crippen LogP contribution < -0.4 is 5.32 Å². The Hall–Kier alpha value is -2.95. The Morgan fingerprint density at radius 2 is 1.92 bits per heavy atom. The fourth-order valence-corrected chi connectivity index (χ4v) is 2.11. The van der Waals surface area contributed by atoms with E-state index in [9.17, 15) is 14.0 Å². The summed E-state index contributed by atoms with van der Waals surface area (Å²) in [7, 11) is 0. The van der Waals surface area contributed by atoms with E-state index in [0.717, 1.165) is 12.5 Å². The molecule has 0 aliphatic carbocycles. The Labute approximate surface area is 146 Å². The number of amides is 1. The van der Waals surface area contributed by atoms with Gasteiger partial charge in [-0.2, -0.15) is 0 Å². The van der Waals surface area contributed by atoms with Crippen LogP contribution in [-0.2, 0) is 20.7 Å². The van der Waals surface area contributed by atoms with E-state index < -0.39 is 23.8 Å². The number of hydrogen-bond acceptors (Lipinski definition) is 3. The highest BCUT2D eigenvalue weighted by molar-refractivity contribution is 5.96. The smallest absolute Gasteiger partial charge is 0.331 e. The third kappa shape index (κ3) is 5.88. The van der Waals surface area contributed by atoms with Crippen LogP contribution in [0.5, 0.6) is 0 Å². The van der Waals surface area contributed by atoms with Gasteiger partial charge >= 0.3 is 5.97 Å². The van der Waals surface area contributed by atoms with Gasteiger partial charge in [0.25, 0.3) is 5.91 Å². The second-order valence-corrected chi connectivity index (χ2v) is 5.51. The maximum atomic E-state index is 13.1. The van der Waals surface area contributed by atoms with Crippen molar-refractivity contribution in [2.75, 3.05) is 5.32 Å². The van der Waals surface area contributed by atoms with Crippen LogP contribution in [0, 0.1) is 5.82 Å². The van der Waals surface area contributed by atoms with Crippen molar-refractivity contribution in [3.05, 3.63) is 71.6 Å². The molecule has 0 aromatic heterocycles. The molecule has 0 aliphatic rings. The second kappa shape index (κ2) is 8.78. The minimum Gasteiger partial charge on any atom is -0.449 e. The van der Waals surface area contributed by atoms with Crippen molar-refractivity contribution >= 4 is 23.6 Å². The van der Waals surface area contributed by atoms with Crippen molar-refractivity contribution in [1.82, 2.24) is 0 Å². The minimum atomic E-state index is -0.949. The Bertz CT molecular complexity index is 769. The summed E-state index contributed by atoms with van der Waals surface area (Å²) in [6.07, 6.45) is 2.56. The third-order valence-electron chi connectivity index (χ3n) is 3.55. The summed E-state index contributed by atoms with van der Waals surface area (Å²) >= 11 is 0. The largest absolute Gasteiger partial charge is 0.449 e. The number of carbonyl (C=O) groups is 2. The van der Waals surface area contributed by atoms with Crippen LogP contribution in [0.25, 0.3) is 6.08 Å². The van der Waals surface area contributed by atoms with E-state index in [1.54, 1.807) is 24.3 Å². The van der Waals surface area contributed by atoms with Crippen molar-refractivity contribution in [3.8, 4) is 0 Å². The molecule has 0 heterocycles. The SMILES string of the molecule is CCc1ccc(NC(=O)C(C)OC(=O)/C=C/c2cccc(F)c2)cc1. The van der Waals surface area contributed by atoms with Crippen molar-refractivity contribution in [3.63, 3.8) is 0 Å². The third-order valence-corrected chi connectivity index (χ3v) is 3.55. The first-order chi connectivity index (χ1) is 12.0. The van der Waals surface area contributed by atoms with Gasteiger partial charge in [-0.3, -0.25) is 4.79 Å². The molecule has 2 aromatic rings. The van der Waals surface area contributed by atoms with Crippen molar-refractivity contribution in [2.24, 2.45) is 0 Å². The van der Waals surface area contributed by atoms with E-state index in [1.807, 2.05) is 19.1 Å². The van der Waals surface area contributed by atoms with E-state index in [-0.39, 0.29) is 0 Å². The Morgan fingerprint density at radius 3 is 2.56 bits per heavy atom. The van der Waals surface area contributed by atoms with Gasteiger partial charge < -0.3 is 10.1 Å². The predicted molar refractivity (Wildman–Crippen MR) is 95.4 cm³/mol. The van der Waals surface area contributed by atoms with Crippen molar-refractivity contribution in [2.45, 2.75) is 26.4 Å². The van der Waals surface area contributed by atoms with E-state index in [0.29, 0.717) is 11.3 Å². The van der Waals surface area contributed by atoms with Crippen LogP contribution in [0.15, 0.2) is 54.6 Å². The molecule has 1 N–H and O–H groups in total. The number of esters is 1. The molecule has 25 heavy (non-hydrogen) atoms. The molecule has 0 aliphatic heterocycles. The number of carbonyl (C=O) groups excluding carboxylic acids is 2. The van der Waals surface area contributed by atoms with Crippen LogP contribution in [0.4, 0.5) is 10.1 Å². The second-order valence-electron chi connectivity index (χ2n) is 5.51. The molecule has 1 unspecified atom stereocenters. The zero-order chi connectivity index (χ0) is 18.2. The lowest BCUT2D eigenvalue weighted by Crippen LogP contribution is -2.29. The first-order valence-corrected chi connectivity index (χ1v) is 8.02. The topological polar surface area (TPSA) is 55.4 Å². The average Bonchev–Trinajstić information content (AvgIpc) is 2.60. The molecule has 2 aromatic carbocycles. The molecule has 0 saturated carbocycles. The van der Waals surface area contributed by atoms with Crippen molar-refractivity contribution in [1.29, 1.82) is 0 Å². The highest BCUT2D eigenvalue weighted by Crippen LogP contribution is 2.11. The van der Waals surface area contributed by atoms with Gasteiger partial charge in [0.2, 0.25) is 0 Å². The van der Waals surface area contributed by atoms with Crippen LogP contribution >= 0.6 is 0 Å². The predicted octanol–water partition coefficient (Wildman–Crippen LogP) is 3.97. The van der Waals surface area contributed by atoms with E-state index in [2.05, 4.69) is 5.32 Å². The maximum absolute atomic E-state index is 13.1. The average molecular weight is 341 g/mol. The number of hydrogen-bond donors (Lipinski definition) is 1. The number of rotatable bonds is 6. The standard InChI is InChI=1S/C20H20FNO3/c1-3-15-7-10-18(11-8-15)22-20(24)14(2)25-19(23)12-9-16-5-4-6-17(21)13-16/h4-14H,3H2,1-2H3,(H,22,24)/b12-9+. The number of benzene rings is 2. The molecular weight excluding hydrogens is 321 g/mol. The van der Waals surface area contributed by atoms with Gasteiger partial charge in [-0.05, 0) is 54.8 Å².